The normalized spacial score (nSPS) is 19.3. The topological polar surface area (TPSA) is 101 Å². The van der Waals surface area contributed by atoms with Gasteiger partial charge in [0, 0.05) is 6.04 Å². The third kappa shape index (κ3) is 2.05. The molecule has 1 aromatic heterocycles. The number of nitrogens with two attached hydrogens (primary N) is 1. The molecule has 1 unspecified atom stereocenters. The number of nitrogen functional groups attached to an aromatic ring is 1. The van der Waals surface area contributed by atoms with E-state index in [1.165, 1.54) is 12.6 Å². The monoisotopic (exact) mass is 244 g/mol. The number of hydrogen-bond acceptors (Lipinski definition) is 4. The van der Waals surface area contributed by atoms with E-state index in [9.17, 15) is 8.42 Å². The van der Waals surface area contributed by atoms with Crippen LogP contribution in [-0.2, 0) is 10.0 Å². The van der Waals surface area contributed by atoms with Crippen LogP contribution in [0.3, 0.4) is 0 Å². The molecule has 2 rings (SSSR count). The van der Waals surface area contributed by atoms with Gasteiger partial charge in [-0.1, -0.05) is 6.42 Å². The SMILES string of the molecule is CC(NS(=O)(=O)c1cn[nH]c1N)C1CCC1. The molecule has 0 amide bonds. The van der Waals surface area contributed by atoms with E-state index in [1.54, 1.807) is 0 Å². The molecule has 1 fully saturated rings. The first-order valence-electron chi connectivity index (χ1n) is 5.32. The second-order valence-electron chi connectivity index (χ2n) is 4.25. The number of nitrogens with zero attached hydrogens (tertiary/aromatic N) is 1. The third-order valence-electron chi connectivity index (χ3n) is 3.12. The second kappa shape index (κ2) is 4.06. The summed E-state index contributed by atoms with van der Waals surface area (Å²) < 4.78 is 26.5. The van der Waals surface area contributed by atoms with Crippen LogP contribution in [0.4, 0.5) is 5.82 Å². The number of hydrogen-bond donors (Lipinski definition) is 3. The van der Waals surface area contributed by atoms with E-state index in [2.05, 4.69) is 14.9 Å². The molecule has 1 aliphatic carbocycles. The van der Waals surface area contributed by atoms with E-state index in [-0.39, 0.29) is 16.8 Å². The first-order valence-corrected chi connectivity index (χ1v) is 6.80. The van der Waals surface area contributed by atoms with Crippen molar-refractivity contribution >= 4 is 15.8 Å². The van der Waals surface area contributed by atoms with Gasteiger partial charge in [0.15, 0.2) is 0 Å². The minimum atomic E-state index is -3.54. The Hall–Kier alpha value is -1.08. The summed E-state index contributed by atoms with van der Waals surface area (Å²) in [4.78, 5) is 0.0265. The zero-order valence-electron chi connectivity index (χ0n) is 9.10. The average Bonchev–Trinajstić information content (AvgIpc) is 2.46. The Morgan fingerprint density at radius 1 is 1.62 bits per heavy atom. The molecule has 1 aliphatic rings. The molecule has 16 heavy (non-hydrogen) atoms. The lowest BCUT2D eigenvalue weighted by Gasteiger charge is -2.31. The van der Waals surface area contributed by atoms with Crippen LogP contribution < -0.4 is 10.5 Å². The lowest BCUT2D eigenvalue weighted by Crippen LogP contribution is -2.40. The van der Waals surface area contributed by atoms with Gasteiger partial charge in [-0.15, -0.1) is 0 Å². The number of rotatable bonds is 4. The molecule has 6 nitrogen and oxygen atoms in total. The highest BCUT2D eigenvalue weighted by Gasteiger charge is 2.29. The van der Waals surface area contributed by atoms with E-state index >= 15 is 0 Å². The van der Waals surface area contributed by atoms with Crippen molar-refractivity contribution in [1.82, 2.24) is 14.9 Å². The predicted molar refractivity (Wildman–Crippen MR) is 60.1 cm³/mol. The number of aromatic amines is 1. The van der Waals surface area contributed by atoms with Crippen molar-refractivity contribution in [3.8, 4) is 0 Å². The molecular formula is C9H16N4O2S. The molecule has 90 valence electrons. The molecule has 0 aliphatic heterocycles. The summed E-state index contributed by atoms with van der Waals surface area (Å²) in [6.45, 7) is 1.89. The third-order valence-corrected chi connectivity index (χ3v) is 4.71. The second-order valence-corrected chi connectivity index (χ2v) is 5.93. The number of H-pyrrole nitrogens is 1. The Bertz CT molecular complexity index is 464. The fourth-order valence-electron chi connectivity index (χ4n) is 1.84. The molecule has 1 aromatic rings. The van der Waals surface area contributed by atoms with Crippen molar-refractivity contribution in [2.45, 2.75) is 37.1 Å². The van der Waals surface area contributed by atoms with E-state index in [0.717, 1.165) is 12.8 Å². The summed E-state index contributed by atoms with van der Waals surface area (Å²) in [6, 6.07) is -0.0481. The highest BCUT2D eigenvalue weighted by Crippen LogP contribution is 2.30. The summed E-state index contributed by atoms with van der Waals surface area (Å²) in [5, 5.41) is 6.02. The molecule has 0 radical (unpaired) electrons. The maximum Gasteiger partial charge on any atom is 0.246 e. The minimum Gasteiger partial charge on any atom is -0.383 e. The van der Waals surface area contributed by atoms with E-state index in [0.29, 0.717) is 5.92 Å². The van der Waals surface area contributed by atoms with Crippen LogP contribution in [-0.4, -0.2) is 24.7 Å². The van der Waals surface area contributed by atoms with Gasteiger partial charge in [0.2, 0.25) is 10.0 Å². The smallest absolute Gasteiger partial charge is 0.246 e. The Labute approximate surface area is 94.7 Å². The Balaban J connectivity index is 2.11. The minimum absolute atomic E-state index is 0.0265. The molecule has 0 spiro atoms. The maximum atomic E-state index is 11.9. The van der Waals surface area contributed by atoms with Gasteiger partial charge in [-0.05, 0) is 25.7 Å². The first-order chi connectivity index (χ1) is 7.50. The molecule has 4 N–H and O–H groups in total. The highest BCUT2D eigenvalue weighted by molar-refractivity contribution is 7.89. The van der Waals surface area contributed by atoms with Crippen molar-refractivity contribution in [2.24, 2.45) is 5.92 Å². The lowest BCUT2D eigenvalue weighted by atomic mass is 9.81. The van der Waals surface area contributed by atoms with Gasteiger partial charge in [0.05, 0.1) is 6.20 Å². The molecule has 1 saturated carbocycles. The highest BCUT2D eigenvalue weighted by atomic mass is 32.2. The van der Waals surface area contributed by atoms with Crippen molar-refractivity contribution in [1.29, 1.82) is 0 Å². The zero-order chi connectivity index (χ0) is 11.8. The number of nitrogens with one attached hydrogen (secondary N) is 2. The van der Waals surface area contributed by atoms with E-state index in [1.807, 2.05) is 6.92 Å². The summed E-state index contributed by atoms with van der Waals surface area (Å²) >= 11 is 0. The Morgan fingerprint density at radius 3 is 2.75 bits per heavy atom. The van der Waals surface area contributed by atoms with Crippen LogP contribution in [0.5, 0.6) is 0 Å². The summed E-state index contributed by atoms with van der Waals surface area (Å²) in [6.07, 6.45) is 4.59. The van der Waals surface area contributed by atoms with E-state index in [4.69, 9.17) is 5.73 Å². The molecule has 0 saturated heterocycles. The fraction of sp³-hybridized carbons (Fsp3) is 0.667. The summed E-state index contributed by atoms with van der Waals surface area (Å²) in [5.41, 5.74) is 5.49. The number of aromatic nitrogens is 2. The molecule has 0 bridgehead atoms. The van der Waals surface area contributed by atoms with Gasteiger partial charge < -0.3 is 5.73 Å². The molecule has 1 atom stereocenters. The van der Waals surface area contributed by atoms with Gasteiger partial charge >= 0.3 is 0 Å². The lowest BCUT2D eigenvalue weighted by molar-refractivity contribution is 0.260. The summed E-state index contributed by atoms with van der Waals surface area (Å²) in [7, 11) is -3.54. The van der Waals surface area contributed by atoms with Gasteiger partial charge in [-0.3, -0.25) is 5.10 Å². The first kappa shape index (κ1) is 11.4. The molecule has 0 aromatic carbocycles. The molecular weight excluding hydrogens is 228 g/mol. The van der Waals surface area contributed by atoms with Crippen LogP contribution in [0.2, 0.25) is 0 Å². The van der Waals surface area contributed by atoms with Crippen molar-refractivity contribution in [3.05, 3.63) is 6.20 Å². The van der Waals surface area contributed by atoms with Crippen LogP contribution in [0.1, 0.15) is 26.2 Å². The van der Waals surface area contributed by atoms with Crippen LogP contribution in [0.25, 0.3) is 0 Å². The van der Waals surface area contributed by atoms with Gasteiger partial charge in [-0.25, -0.2) is 13.1 Å². The van der Waals surface area contributed by atoms with Crippen LogP contribution >= 0.6 is 0 Å². The number of sulfonamides is 1. The predicted octanol–water partition coefficient (Wildman–Crippen LogP) is 0.459. The van der Waals surface area contributed by atoms with Gasteiger partial charge in [-0.2, -0.15) is 5.10 Å². The summed E-state index contributed by atoms with van der Waals surface area (Å²) in [5.74, 6) is 0.524. The van der Waals surface area contributed by atoms with Crippen molar-refractivity contribution in [2.75, 3.05) is 5.73 Å². The van der Waals surface area contributed by atoms with Crippen molar-refractivity contribution < 1.29 is 8.42 Å². The molecule has 1 heterocycles. The van der Waals surface area contributed by atoms with E-state index < -0.39 is 10.0 Å². The van der Waals surface area contributed by atoms with Crippen LogP contribution in [0.15, 0.2) is 11.1 Å². The van der Waals surface area contributed by atoms with Crippen LogP contribution in [0, 0.1) is 5.92 Å². The fourth-order valence-corrected chi connectivity index (χ4v) is 3.18. The molecule has 7 heteroatoms. The maximum absolute atomic E-state index is 11.9. The largest absolute Gasteiger partial charge is 0.383 e. The quantitative estimate of drug-likeness (QED) is 0.716. The Kier molecular flexibility index (Phi) is 2.90. The van der Waals surface area contributed by atoms with Gasteiger partial charge in [0.1, 0.15) is 10.7 Å². The zero-order valence-corrected chi connectivity index (χ0v) is 9.92. The standard InChI is InChI=1S/C9H16N4O2S/c1-6(7-3-2-4-7)13-16(14,15)8-5-11-12-9(8)10/h5-7,13H,2-4H2,1H3,(H3,10,11,12). The average molecular weight is 244 g/mol. The number of anilines is 1. The van der Waals surface area contributed by atoms with Crippen molar-refractivity contribution in [3.63, 3.8) is 0 Å². The van der Waals surface area contributed by atoms with Gasteiger partial charge in [0.25, 0.3) is 0 Å². The Morgan fingerprint density at radius 2 is 2.31 bits per heavy atom.